The summed E-state index contributed by atoms with van der Waals surface area (Å²) in [5, 5.41) is 12.1. The third-order valence-electron chi connectivity index (χ3n) is 2.41. The van der Waals surface area contributed by atoms with Crippen LogP contribution in [0.4, 0.5) is 0 Å². The molecule has 1 amide bonds. The van der Waals surface area contributed by atoms with Crippen molar-refractivity contribution in [3.8, 4) is 0 Å². The molecule has 4 heteroatoms. The summed E-state index contributed by atoms with van der Waals surface area (Å²) in [6, 6.07) is 0. The summed E-state index contributed by atoms with van der Waals surface area (Å²) in [6.45, 7) is 4.40. The predicted octanol–water partition coefficient (Wildman–Crippen LogP) is 0.833. The number of aliphatic hydroxyl groups is 1. The molecule has 0 aromatic rings. The van der Waals surface area contributed by atoms with E-state index in [9.17, 15) is 9.90 Å². The van der Waals surface area contributed by atoms with E-state index in [-0.39, 0.29) is 12.0 Å². The quantitative estimate of drug-likeness (QED) is 0.730. The Labute approximate surface area is 91.0 Å². The topological polar surface area (TPSA) is 58.6 Å². The van der Waals surface area contributed by atoms with Crippen LogP contribution in [0.15, 0.2) is 0 Å². The Bertz CT molecular complexity index is 204. The van der Waals surface area contributed by atoms with Crippen LogP contribution < -0.4 is 5.32 Å². The fraction of sp³-hybridized carbons (Fsp3) is 0.909. The monoisotopic (exact) mass is 215 g/mol. The molecule has 88 valence electrons. The molecule has 0 radical (unpaired) electrons. The zero-order chi connectivity index (χ0) is 11.3. The molecule has 1 saturated heterocycles. The summed E-state index contributed by atoms with van der Waals surface area (Å²) in [7, 11) is 0. The summed E-state index contributed by atoms with van der Waals surface area (Å²) in [5.41, 5.74) is -0.844. The Hall–Kier alpha value is -0.610. The Balaban J connectivity index is 2.17. The number of carbonyl (C=O) groups excluding carboxylic acids is 1. The molecule has 1 aliphatic heterocycles. The largest absolute Gasteiger partial charge is 0.389 e. The lowest BCUT2D eigenvalue weighted by molar-refractivity contribution is -0.125. The molecule has 1 atom stereocenters. The molecule has 0 saturated carbocycles. The second kappa shape index (κ2) is 5.47. The van der Waals surface area contributed by atoms with Gasteiger partial charge in [-0.15, -0.1) is 0 Å². The van der Waals surface area contributed by atoms with Crippen LogP contribution in [0.5, 0.6) is 0 Å². The Morgan fingerprint density at radius 3 is 2.80 bits per heavy atom. The highest BCUT2D eigenvalue weighted by Gasteiger charge is 2.19. The average Bonchev–Trinajstić information content (AvgIpc) is 2.15. The van der Waals surface area contributed by atoms with E-state index in [0.717, 1.165) is 25.9 Å². The van der Waals surface area contributed by atoms with Gasteiger partial charge in [0, 0.05) is 13.2 Å². The van der Waals surface area contributed by atoms with Crippen molar-refractivity contribution < 1.29 is 14.6 Å². The van der Waals surface area contributed by atoms with Crippen LogP contribution in [0, 0.1) is 0 Å². The van der Waals surface area contributed by atoms with E-state index in [0.29, 0.717) is 13.0 Å². The van der Waals surface area contributed by atoms with E-state index in [1.54, 1.807) is 13.8 Å². The van der Waals surface area contributed by atoms with Crippen LogP contribution >= 0.6 is 0 Å². The van der Waals surface area contributed by atoms with E-state index in [1.807, 2.05) is 0 Å². The van der Waals surface area contributed by atoms with Gasteiger partial charge in [0.15, 0.2) is 0 Å². The molecule has 1 aliphatic rings. The van der Waals surface area contributed by atoms with Crippen molar-refractivity contribution in [1.29, 1.82) is 0 Å². The highest BCUT2D eigenvalue weighted by atomic mass is 16.5. The summed E-state index contributed by atoms with van der Waals surface area (Å²) in [5.74, 6) is -0.0379. The molecule has 1 unspecified atom stereocenters. The molecule has 0 aliphatic carbocycles. The van der Waals surface area contributed by atoms with Gasteiger partial charge in [-0.2, -0.15) is 0 Å². The van der Waals surface area contributed by atoms with Crippen molar-refractivity contribution in [3.05, 3.63) is 0 Å². The molecular formula is C11H21NO3. The summed E-state index contributed by atoms with van der Waals surface area (Å²) < 4.78 is 5.46. The first-order chi connectivity index (χ1) is 6.97. The van der Waals surface area contributed by atoms with Crippen molar-refractivity contribution in [2.24, 2.45) is 0 Å². The van der Waals surface area contributed by atoms with Crippen molar-refractivity contribution in [3.63, 3.8) is 0 Å². The number of hydrogen-bond donors (Lipinski definition) is 2. The van der Waals surface area contributed by atoms with Gasteiger partial charge in [-0.1, -0.05) is 0 Å². The van der Waals surface area contributed by atoms with E-state index in [4.69, 9.17) is 4.74 Å². The van der Waals surface area contributed by atoms with E-state index < -0.39 is 5.60 Å². The number of ether oxygens (including phenoxy) is 1. The number of carbonyl (C=O) groups is 1. The second-order valence-electron chi connectivity index (χ2n) is 4.78. The molecule has 4 nitrogen and oxygen atoms in total. The number of hydrogen-bond acceptors (Lipinski definition) is 3. The minimum Gasteiger partial charge on any atom is -0.389 e. The fourth-order valence-electron chi connectivity index (χ4n) is 1.56. The molecule has 0 aromatic carbocycles. The Morgan fingerprint density at radius 1 is 1.53 bits per heavy atom. The molecule has 15 heavy (non-hydrogen) atoms. The standard InChI is InChI=1S/C11H21NO3/c1-11(2,14)8-12-10(13)7-9-5-3-4-6-15-9/h9,14H,3-8H2,1-2H3,(H,12,13). The molecular weight excluding hydrogens is 194 g/mol. The lowest BCUT2D eigenvalue weighted by Crippen LogP contribution is -2.39. The third kappa shape index (κ3) is 5.74. The maximum absolute atomic E-state index is 11.5. The van der Waals surface area contributed by atoms with Gasteiger partial charge in [0.25, 0.3) is 0 Å². The number of amides is 1. The molecule has 1 heterocycles. The number of rotatable bonds is 4. The van der Waals surface area contributed by atoms with Crippen LogP contribution in [0.1, 0.15) is 39.5 Å². The van der Waals surface area contributed by atoms with Crippen molar-refractivity contribution >= 4 is 5.91 Å². The lowest BCUT2D eigenvalue weighted by atomic mass is 10.1. The zero-order valence-corrected chi connectivity index (χ0v) is 9.58. The van der Waals surface area contributed by atoms with E-state index in [1.165, 1.54) is 0 Å². The van der Waals surface area contributed by atoms with Gasteiger partial charge in [-0.3, -0.25) is 4.79 Å². The minimum absolute atomic E-state index is 0.0379. The third-order valence-corrected chi connectivity index (χ3v) is 2.41. The maximum Gasteiger partial charge on any atom is 0.222 e. The van der Waals surface area contributed by atoms with Crippen molar-refractivity contribution in [2.45, 2.75) is 51.2 Å². The maximum atomic E-state index is 11.5. The molecule has 1 fully saturated rings. The van der Waals surface area contributed by atoms with Gasteiger partial charge < -0.3 is 15.2 Å². The summed E-state index contributed by atoms with van der Waals surface area (Å²) in [6.07, 6.45) is 3.69. The van der Waals surface area contributed by atoms with Gasteiger partial charge in [0.1, 0.15) is 0 Å². The summed E-state index contributed by atoms with van der Waals surface area (Å²) in [4.78, 5) is 11.5. The summed E-state index contributed by atoms with van der Waals surface area (Å²) >= 11 is 0. The molecule has 2 N–H and O–H groups in total. The van der Waals surface area contributed by atoms with Crippen LogP contribution in [-0.4, -0.2) is 35.9 Å². The second-order valence-corrected chi connectivity index (χ2v) is 4.78. The van der Waals surface area contributed by atoms with Gasteiger partial charge >= 0.3 is 0 Å². The first-order valence-corrected chi connectivity index (χ1v) is 5.58. The predicted molar refractivity (Wildman–Crippen MR) is 57.5 cm³/mol. The van der Waals surface area contributed by atoms with Crippen LogP contribution in [0.2, 0.25) is 0 Å². The van der Waals surface area contributed by atoms with Crippen molar-refractivity contribution in [1.82, 2.24) is 5.32 Å². The van der Waals surface area contributed by atoms with Crippen molar-refractivity contribution in [2.75, 3.05) is 13.2 Å². The number of nitrogens with one attached hydrogen (secondary N) is 1. The van der Waals surface area contributed by atoms with E-state index in [2.05, 4.69) is 5.32 Å². The smallest absolute Gasteiger partial charge is 0.222 e. The first kappa shape index (κ1) is 12.5. The Kier molecular flexibility index (Phi) is 4.54. The first-order valence-electron chi connectivity index (χ1n) is 5.58. The van der Waals surface area contributed by atoms with Gasteiger partial charge in [0.2, 0.25) is 5.91 Å². The van der Waals surface area contributed by atoms with Crippen LogP contribution in [-0.2, 0) is 9.53 Å². The van der Waals surface area contributed by atoms with Gasteiger partial charge in [-0.05, 0) is 33.1 Å². The van der Waals surface area contributed by atoms with E-state index >= 15 is 0 Å². The SMILES string of the molecule is CC(C)(O)CNC(=O)CC1CCCCO1. The normalized spacial score (nSPS) is 22.5. The zero-order valence-electron chi connectivity index (χ0n) is 9.58. The average molecular weight is 215 g/mol. The highest BCUT2D eigenvalue weighted by Crippen LogP contribution is 2.15. The molecule has 0 bridgehead atoms. The minimum atomic E-state index is -0.844. The molecule has 1 rings (SSSR count). The fourth-order valence-corrected chi connectivity index (χ4v) is 1.56. The van der Waals surface area contributed by atoms with Gasteiger partial charge in [0.05, 0.1) is 18.1 Å². The van der Waals surface area contributed by atoms with Crippen LogP contribution in [0.25, 0.3) is 0 Å². The molecule has 0 aromatic heterocycles. The van der Waals surface area contributed by atoms with Crippen LogP contribution in [0.3, 0.4) is 0 Å². The highest BCUT2D eigenvalue weighted by molar-refractivity contribution is 5.76. The van der Waals surface area contributed by atoms with Gasteiger partial charge in [-0.25, -0.2) is 0 Å². The Morgan fingerprint density at radius 2 is 2.27 bits per heavy atom. The molecule has 0 spiro atoms. The lowest BCUT2D eigenvalue weighted by Gasteiger charge is -2.23.